The Balaban J connectivity index is 2.36. The first-order valence-electron chi connectivity index (χ1n) is 4.82. The van der Waals surface area contributed by atoms with Gasteiger partial charge in [-0.2, -0.15) is 5.26 Å². The van der Waals surface area contributed by atoms with Crippen LogP contribution in [-0.4, -0.2) is 19.7 Å². The molecule has 0 aliphatic heterocycles. The molecule has 2 rings (SSSR count). The van der Waals surface area contributed by atoms with Crippen LogP contribution in [0.15, 0.2) is 24.5 Å². The smallest absolute Gasteiger partial charge is 0.258 e. The molecular formula is C10H6ClN5O2. The van der Waals surface area contributed by atoms with E-state index in [9.17, 15) is 10.1 Å². The standard InChI is InChI=1S/C10H6ClN5O2/c11-8-1-2-9(16(17)18)7(3-8)5-15-6-13-10(4-12)14-15/h1-3,6H,5H2. The molecule has 0 N–H and O–H groups in total. The van der Waals surface area contributed by atoms with Crippen molar-refractivity contribution in [1.29, 1.82) is 5.26 Å². The molecule has 0 atom stereocenters. The summed E-state index contributed by atoms with van der Waals surface area (Å²) in [6.07, 6.45) is 1.34. The van der Waals surface area contributed by atoms with E-state index in [2.05, 4.69) is 10.1 Å². The lowest BCUT2D eigenvalue weighted by Crippen LogP contribution is -2.04. The van der Waals surface area contributed by atoms with Crippen molar-refractivity contribution in [3.8, 4) is 6.07 Å². The Hall–Kier alpha value is -2.46. The fraction of sp³-hybridized carbons (Fsp3) is 0.100. The minimum Gasteiger partial charge on any atom is -0.258 e. The summed E-state index contributed by atoms with van der Waals surface area (Å²) in [6.45, 7) is 0.131. The summed E-state index contributed by atoms with van der Waals surface area (Å²) < 4.78 is 1.34. The average Bonchev–Trinajstić information content (AvgIpc) is 2.76. The van der Waals surface area contributed by atoms with Crippen LogP contribution >= 0.6 is 11.6 Å². The number of nitro groups is 1. The van der Waals surface area contributed by atoms with Crippen molar-refractivity contribution in [3.63, 3.8) is 0 Å². The normalized spacial score (nSPS) is 10.0. The number of rotatable bonds is 3. The zero-order valence-corrected chi connectivity index (χ0v) is 9.70. The van der Waals surface area contributed by atoms with Crippen LogP contribution in [0, 0.1) is 21.4 Å². The van der Waals surface area contributed by atoms with Crippen LogP contribution in [0.5, 0.6) is 0 Å². The van der Waals surface area contributed by atoms with Gasteiger partial charge in [0.25, 0.3) is 11.5 Å². The van der Waals surface area contributed by atoms with Crippen molar-refractivity contribution in [3.05, 3.63) is 51.1 Å². The number of nitrogens with zero attached hydrogens (tertiary/aromatic N) is 5. The molecule has 7 nitrogen and oxygen atoms in total. The van der Waals surface area contributed by atoms with E-state index in [0.717, 1.165) is 0 Å². The van der Waals surface area contributed by atoms with E-state index < -0.39 is 4.92 Å². The van der Waals surface area contributed by atoms with E-state index in [1.54, 1.807) is 6.07 Å². The van der Waals surface area contributed by atoms with Gasteiger partial charge in [-0.3, -0.25) is 10.1 Å². The van der Waals surface area contributed by atoms with Crippen LogP contribution in [0.2, 0.25) is 5.02 Å². The molecule has 0 saturated heterocycles. The number of nitriles is 1. The van der Waals surface area contributed by atoms with E-state index in [-0.39, 0.29) is 18.1 Å². The number of hydrogen-bond acceptors (Lipinski definition) is 5. The van der Waals surface area contributed by atoms with E-state index >= 15 is 0 Å². The number of nitro benzene ring substituents is 1. The molecule has 0 aliphatic rings. The van der Waals surface area contributed by atoms with E-state index in [0.29, 0.717) is 10.6 Å². The van der Waals surface area contributed by atoms with Crippen molar-refractivity contribution in [1.82, 2.24) is 14.8 Å². The first-order chi connectivity index (χ1) is 8.60. The lowest BCUT2D eigenvalue weighted by Gasteiger charge is -2.03. The first kappa shape index (κ1) is 12.0. The highest BCUT2D eigenvalue weighted by Crippen LogP contribution is 2.23. The third-order valence-corrected chi connectivity index (χ3v) is 2.44. The minimum absolute atomic E-state index is 0.0136. The molecule has 0 amide bonds. The molecule has 1 aromatic carbocycles. The Bertz CT molecular complexity index is 646. The molecule has 1 heterocycles. The highest BCUT2D eigenvalue weighted by molar-refractivity contribution is 6.30. The quantitative estimate of drug-likeness (QED) is 0.621. The number of aromatic nitrogens is 3. The summed E-state index contributed by atoms with van der Waals surface area (Å²) in [5.74, 6) is 0.0136. The highest BCUT2D eigenvalue weighted by Gasteiger charge is 2.14. The predicted octanol–water partition coefficient (Wildman–Crippen LogP) is 1.76. The van der Waals surface area contributed by atoms with Gasteiger partial charge < -0.3 is 0 Å². The monoisotopic (exact) mass is 263 g/mol. The maximum Gasteiger partial charge on any atom is 0.274 e. The third-order valence-electron chi connectivity index (χ3n) is 2.21. The minimum atomic E-state index is -0.492. The van der Waals surface area contributed by atoms with Gasteiger partial charge in [-0.05, 0) is 12.1 Å². The van der Waals surface area contributed by atoms with Gasteiger partial charge >= 0.3 is 0 Å². The first-order valence-corrected chi connectivity index (χ1v) is 5.20. The van der Waals surface area contributed by atoms with Gasteiger partial charge in [0.2, 0.25) is 0 Å². The summed E-state index contributed by atoms with van der Waals surface area (Å²) in [5, 5.41) is 23.7. The van der Waals surface area contributed by atoms with Gasteiger partial charge in [0.05, 0.1) is 17.0 Å². The molecule has 2 aromatic rings. The van der Waals surface area contributed by atoms with Crippen LogP contribution in [-0.2, 0) is 6.54 Å². The Morgan fingerprint density at radius 1 is 1.56 bits per heavy atom. The topological polar surface area (TPSA) is 97.6 Å². The Morgan fingerprint density at radius 3 is 2.94 bits per heavy atom. The molecule has 8 heteroatoms. The lowest BCUT2D eigenvalue weighted by molar-refractivity contribution is -0.385. The van der Waals surface area contributed by atoms with Crippen molar-refractivity contribution in [2.45, 2.75) is 6.54 Å². The maximum atomic E-state index is 10.8. The molecule has 1 aromatic heterocycles. The maximum absolute atomic E-state index is 10.8. The van der Waals surface area contributed by atoms with Crippen LogP contribution in [0.25, 0.3) is 0 Å². The van der Waals surface area contributed by atoms with Crippen LogP contribution in [0.3, 0.4) is 0 Å². The molecule has 0 bridgehead atoms. The van der Waals surface area contributed by atoms with Crippen LogP contribution in [0.4, 0.5) is 5.69 Å². The molecule has 0 aliphatic carbocycles. The summed E-state index contributed by atoms with van der Waals surface area (Å²) >= 11 is 5.80. The second-order valence-electron chi connectivity index (χ2n) is 3.41. The van der Waals surface area contributed by atoms with Crippen molar-refractivity contribution in [2.24, 2.45) is 0 Å². The van der Waals surface area contributed by atoms with E-state index in [1.807, 2.05) is 0 Å². The Kier molecular flexibility index (Phi) is 3.21. The molecule has 90 valence electrons. The Morgan fingerprint density at radius 2 is 2.33 bits per heavy atom. The van der Waals surface area contributed by atoms with Gasteiger partial charge in [-0.25, -0.2) is 9.67 Å². The number of halogens is 1. The van der Waals surface area contributed by atoms with Gasteiger partial charge in [0, 0.05) is 11.1 Å². The molecule has 0 saturated carbocycles. The Labute approximate surface area is 106 Å². The van der Waals surface area contributed by atoms with Gasteiger partial charge in [0.1, 0.15) is 12.4 Å². The zero-order valence-electron chi connectivity index (χ0n) is 8.95. The predicted molar refractivity (Wildman–Crippen MR) is 61.9 cm³/mol. The number of benzene rings is 1. The second-order valence-corrected chi connectivity index (χ2v) is 3.84. The summed E-state index contributed by atoms with van der Waals surface area (Å²) in [4.78, 5) is 14.1. The number of hydrogen-bond donors (Lipinski definition) is 0. The second kappa shape index (κ2) is 4.81. The molecule has 0 unspecified atom stereocenters. The third kappa shape index (κ3) is 2.44. The fourth-order valence-corrected chi connectivity index (χ4v) is 1.65. The van der Waals surface area contributed by atoms with E-state index in [1.165, 1.54) is 29.2 Å². The molecular weight excluding hydrogens is 258 g/mol. The van der Waals surface area contributed by atoms with Crippen molar-refractivity contribution >= 4 is 17.3 Å². The summed E-state index contributed by atoms with van der Waals surface area (Å²) in [6, 6.07) is 6.06. The highest BCUT2D eigenvalue weighted by atomic mass is 35.5. The lowest BCUT2D eigenvalue weighted by atomic mass is 10.2. The van der Waals surface area contributed by atoms with Crippen LogP contribution in [0.1, 0.15) is 11.4 Å². The van der Waals surface area contributed by atoms with Crippen LogP contribution < -0.4 is 0 Å². The van der Waals surface area contributed by atoms with Crippen molar-refractivity contribution in [2.75, 3.05) is 0 Å². The van der Waals surface area contributed by atoms with E-state index in [4.69, 9.17) is 16.9 Å². The molecule has 18 heavy (non-hydrogen) atoms. The molecule has 0 spiro atoms. The summed E-state index contributed by atoms with van der Waals surface area (Å²) in [7, 11) is 0. The molecule has 0 radical (unpaired) electrons. The average molecular weight is 264 g/mol. The van der Waals surface area contributed by atoms with Gasteiger partial charge in [-0.1, -0.05) is 11.6 Å². The van der Waals surface area contributed by atoms with Gasteiger partial charge in [-0.15, -0.1) is 5.10 Å². The largest absolute Gasteiger partial charge is 0.274 e. The zero-order chi connectivity index (χ0) is 13.1. The van der Waals surface area contributed by atoms with Gasteiger partial charge in [0.15, 0.2) is 0 Å². The molecule has 0 fully saturated rings. The van der Waals surface area contributed by atoms with Crippen molar-refractivity contribution < 1.29 is 4.92 Å². The summed E-state index contributed by atoms with van der Waals surface area (Å²) in [5.41, 5.74) is 0.357. The SMILES string of the molecule is N#Cc1ncn(Cc2cc(Cl)ccc2[N+](=O)[O-])n1. The fourth-order valence-electron chi connectivity index (χ4n) is 1.46.